The Morgan fingerprint density at radius 2 is 1.54 bits per heavy atom. The highest BCUT2D eigenvalue weighted by atomic mass is 31.1. The Morgan fingerprint density at radius 3 is 1.92 bits per heavy atom. The lowest BCUT2D eigenvalue weighted by atomic mass is 10.5. The summed E-state index contributed by atoms with van der Waals surface area (Å²) in [5.41, 5.74) is 1.70. The fourth-order valence-electron chi connectivity index (χ4n) is 1.39. The second-order valence-electron chi connectivity index (χ2n) is 3.84. The van der Waals surface area contributed by atoms with Gasteiger partial charge in [0.05, 0.1) is 0 Å². The molecule has 13 heavy (non-hydrogen) atoms. The molecule has 0 nitrogen and oxygen atoms in total. The highest BCUT2D eigenvalue weighted by Gasteiger charge is 2.13. The molecule has 0 saturated carbocycles. The van der Waals surface area contributed by atoms with E-state index in [1.54, 1.807) is 0 Å². The largest absolute Gasteiger partial charge is 0.0976 e. The smallest absolute Gasteiger partial charge is 0.0137 e. The molecule has 0 atom stereocenters. The second kappa shape index (κ2) is 7.33. The lowest BCUT2D eigenvalue weighted by Gasteiger charge is -2.24. The van der Waals surface area contributed by atoms with Crippen molar-refractivity contribution in [1.82, 2.24) is 0 Å². The molecule has 1 heteroatoms. The number of hydrogen-bond acceptors (Lipinski definition) is 0. The van der Waals surface area contributed by atoms with Crippen molar-refractivity contribution < 1.29 is 0 Å². The second-order valence-corrected chi connectivity index (χ2v) is 7.30. The summed E-state index contributed by atoms with van der Waals surface area (Å²) < 4.78 is 0. The first-order chi connectivity index (χ1) is 6.09. The quantitative estimate of drug-likeness (QED) is 0.453. The van der Waals surface area contributed by atoms with E-state index in [1.807, 2.05) is 0 Å². The number of allylic oxidation sites excluding steroid dienone is 4. The molecule has 0 unspecified atom stereocenters. The van der Waals surface area contributed by atoms with Crippen LogP contribution in [0.2, 0.25) is 0 Å². The molecule has 76 valence electrons. The summed E-state index contributed by atoms with van der Waals surface area (Å²) >= 11 is 0. The minimum absolute atomic E-state index is 0.184. The molecule has 0 amide bonds. The molecule has 0 N–H and O–H groups in total. The van der Waals surface area contributed by atoms with Gasteiger partial charge in [0.15, 0.2) is 0 Å². The molecule has 0 aliphatic heterocycles. The first-order valence-corrected chi connectivity index (χ1v) is 6.79. The third-order valence-electron chi connectivity index (χ3n) is 2.08. The van der Waals surface area contributed by atoms with Crippen LogP contribution in [0.5, 0.6) is 0 Å². The van der Waals surface area contributed by atoms with Gasteiger partial charge in [-0.05, 0) is 24.4 Å². The molecule has 0 aliphatic rings. The summed E-state index contributed by atoms with van der Waals surface area (Å²) in [6.07, 6.45) is 9.93. The summed E-state index contributed by atoms with van der Waals surface area (Å²) in [4.78, 5) is 0. The Labute approximate surface area is 84.9 Å². The Morgan fingerprint density at radius 1 is 1.00 bits per heavy atom. The van der Waals surface area contributed by atoms with Crippen LogP contribution < -0.4 is 0 Å². The fourth-order valence-corrected chi connectivity index (χ4v) is 3.79. The standard InChI is InChI=1S/C12H23P/c1-6-7-8-9-10-13(11(2)3)12(4)5/h6-9,11-12H,10H2,1-5H3. The van der Waals surface area contributed by atoms with Crippen LogP contribution in [0, 0.1) is 0 Å². The average molecular weight is 198 g/mol. The van der Waals surface area contributed by atoms with Gasteiger partial charge in [0, 0.05) is 0 Å². The van der Waals surface area contributed by atoms with Gasteiger partial charge in [-0.25, -0.2) is 0 Å². The first-order valence-electron chi connectivity index (χ1n) is 5.13. The van der Waals surface area contributed by atoms with Crippen molar-refractivity contribution in [2.75, 3.05) is 6.16 Å². The Balaban J connectivity index is 3.97. The molecule has 0 spiro atoms. The Bertz CT molecular complexity index is 158. The van der Waals surface area contributed by atoms with Crippen LogP contribution in [0.3, 0.4) is 0 Å². The highest BCUT2D eigenvalue weighted by molar-refractivity contribution is 7.59. The van der Waals surface area contributed by atoms with Crippen LogP contribution in [0.25, 0.3) is 0 Å². The lowest BCUT2D eigenvalue weighted by molar-refractivity contribution is 1.01. The van der Waals surface area contributed by atoms with Crippen molar-refractivity contribution in [3.05, 3.63) is 24.3 Å². The van der Waals surface area contributed by atoms with Crippen LogP contribution in [-0.2, 0) is 0 Å². The minimum Gasteiger partial charge on any atom is -0.0976 e. The van der Waals surface area contributed by atoms with E-state index in [0.29, 0.717) is 0 Å². The monoisotopic (exact) mass is 198 g/mol. The van der Waals surface area contributed by atoms with E-state index < -0.39 is 0 Å². The van der Waals surface area contributed by atoms with E-state index >= 15 is 0 Å². The van der Waals surface area contributed by atoms with Gasteiger partial charge in [0.1, 0.15) is 0 Å². The summed E-state index contributed by atoms with van der Waals surface area (Å²) in [6.45, 7) is 11.4. The van der Waals surface area contributed by atoms with E-state index in [0.717, 1.165) is 11.3 Å². The van der Waals surface area contributed by atoms with E-state index in [1.165, 1.54) is 6.16 Å². The van der Waals surface area contributed by atoms with E-state index in [-0.39, 0.29) is 7.92 Å². The predicted molar refractivity (Wildman–Crippen MR) is 66.0 cm³/mol. The molecule has 0 rings (SSSR count). The van der Waals surface area contributed by atoms with E-state index in [9.17, 15) is 0 Å². The van der Waals surface area contributed by atoms with Crippen molar-refractivity contribution >= 4 is 7.92 Å². The molecule has 0 aromatic heterocycles. The van der Waals surface area contributed by atoms with Crippen LogP contribution in [0.15, 0.2) is 24.3 Å². The van der Waals surface area contributed by atoms with Crippen molar-refractivity contribution in [3.63, 3.8) is 0 Å². The van der Waals surface area contributed by atoms with Crippen LogP contribution >= 0.6 is 7.92 Å². The van der Waals surface area contributed by atoms with Crippen LogP contribution in [0.4, 0.5) is 0 Å². The van der Waals surface area contributed by atoms with Crippen molar-refractivity contribution in [2.24, 2.45) is 0 Å². The molecule has 0 aromatic carbocycles. The maximum atomic E-state index is 2.34. The zero-order valence-corrected chi connectivity index (χ0v) is 10.5. The maximum absolute atomic E-state index is 2.34. The molecule has 0 bridgehead atoms. The molecule has 0 aliphatic carbocycles. The van der Waals surface area contributed by atoms with Gasteiger partial charge < -0.3 is 0 Å². The normalized spacial score (nSPS) is 13.2. The van der Waals surface area contributed by atoms with Gasteiger partial charge >= 0.3 is 0 Å². The molecule has 0 saturated heterocycles. The Kier molecular flexibility index (Phi) is 7.28. The van der Waals surface area contributed by atoms with Crippen LogP contribution in [-0.4, -0.2) is 17.5 Å². The van der Waals surface area contributed by atoms with Crippen molar-refractivity contribution in [2.45, 2.75) is 45.9 Å². The van der Waals surface area contributed by atoms with E-state index in [4.69, 9.17) is 0 Å². The van der Waals surface area contributed by atoms with Crippen molar-refractivity contribution in [3.8, 4) is 0 Å². The van der Waals surface area contributed by atoms with Gasteiger partial charge in [-0.1, -0.05) is 59.9 Å². The molecular weight excluding hydrogens is 175 g/mol. The average Bonchev–Trinajstić information content (AvgIpc) is 2.02. The summed E-state index contributed by atoms with van der Waals surface area (Å²) in [6, 6.07) is 0. The van der Waals surface area contributed by atoms with E-state index in [2.05, 4.69) is 58.9 Å². The van der Waals surface area contributed by atoms with Gasteiger partial charge in [0.25, 0.3) is 0 Å². The molecule has 0 heterocycles. The molecule has 0 aromatic rings. The number of hydrogen-bond donors (Lipinski definition) is 0. The lowest BCUT2D eigenvalue weighted by Crippen LogP contribution is -2.05. The first kappa shape index (κ1) is 12.9. The van der Waals surface area contributed by atoms with Crippen LogP contribution in [0.1, 0.15) is 34.6 Å². The maximum Gasteiger partial charge on any atom is -0.0137 e. The Hall–Kier alpha value is -0.0900. The molecule has 0 fully saturated rings. The van der Waals surface area contributed by atoms with Gasteiger partial charge in [0.2, 0.25) is 0 Å². The topological polar surface area (TPSA) is 0 Å². The summed E-state index contributed by atoms with van der Waals surface area (Å²) in [5, 5.41) is 0. The zero-order valence-electron chi connectivity index (χ0n) is 9.62. The SMILES string of the molecule is CC=CC=CCP(C(C)C)C(C)C. The molecule has 0 radical (unpaired) electrons. The predicted octanol–water partition coefficient (Wildman–Crippen LogP) is 4.42. The van der Waals surface area contributed by atoms with Crippen molar-refractivity contribution in [1.29, 1.82) is 0 Å². The summed E-state index contributed by atoms with van der Waals surface area (Å²) in [7, 11) is 0.184. The summed E-state index contributed by atoms with van der Waals surface area (Å²) in [5.74, 6) is 0. The molecular formula is C12H23P. The minimum atomic E-state index is 0.184. The third kappa shape index (κ3) is 6.05. The highest BCUT2D eigenvalue weighted by Crippen LogP contribution is 2.45. The fraction of sp³-hybridized carbons (Fsp3) is 0.667. The number of rotatable bonds is 5. The van der Waals surface area contributed by atoms with Gasteiger partial charge in [-0.15, -0.1) is 0 Å². The van der Waals surface area contributed by atoms with Gasteiger partial charge in [-0.3, -0.25) is 0 Å². The third-order valence-corrected chi connectivity index (χ3v) is 5.37. The van der Waals surface area contributed by atoms with Gasteiger partial charge in [-0.2, -0.15) is 0 Å². The zero-order chi connectivity index (χ0) is 10.3.